The van der Waals surface area contributed by atoms with Crippen molar-refractivity contribution < 1.29 is 9.53 Å². The fourth-order valence-electron chi connectivity index (χ4n) is 2.88. The third-order valence-electron chi connectivity index (χ3n) is 3.98. The van der Waals surface area contributed by atoms with Crippen LogP contribution >= 0.6 is 11.3 Å². The van der Waals surface area contributed by atoms with E-state index in [4.69, 9.17) is 10.5 Å². The number of carbonyl (C=O) groups is 1. The van der Waals surface area contributed by atoms with Crippen LogP contribution in [0.5, 0.6) is 0 Å². The average molecular weight is 305 g/mol. The average Bonchev–Trinajstić information content (AvgIpc) is 3.02. The molecule has 0 saturated carbocycles. The van der Waals surface area contributed by atoms with Gasteiger partial charge in [-0.15, -0.1) is 11.3 Å². The number of thiophene rings is 1. The Morgan fingerprint density at radius 2 is 2.29 bits per heavy atom. The maximum absolute atomic E-state index is 12.7. The first-order valence-electron chi connectivity index (χ1n) is 6.99. The number of anilines is 1. The molecule has 2 aromatic rings. The van der Waals surface area contributed by atoms with E-state index in [-0.39, 0.29) is 12.0 Å². The minimum Gasteiger partial charge on any atom is -0.397 e. The van der Waals surface area contributed by atoms with Gasteiger partial charge in [0, 0.05) is 31.3 Å². The number of amides is 1. The molecule has 0 aliphatic carbocycles. The van der Waals surface area contributed by atoms with Crippen molar-refractivity contribution in [1.29, 1.82) is 0 Å². The molecule has 1 aliphatic rings. The summed E-state index contributed by atoms with van der Waals surface area (Å²) >= 11 is 1.39. The van der Waals surface area contributed by atoms with E-state index in [1.807, 2.05) is 24.8 Å². The van der Waals surface area contributed by atoms with Crippen LogP contribution in [0, 0.1) is 13.8 Å². The van der Waals surface area contributed by atoms with Crippen molar-refractivity contribution in [3.8, 4) is 0 Å². The first-order chi connectivity index (χ1) is 10.0. The number of ether oxygens (including phenoxy) is 1. The second-order valence-corrected chi connectivity index (χ2v) is 6.50. The van der Waals surface area contributed by atoms with Gasteiger partial charge >= 0.3 is 0 Å². The van der Waals surface area contributed by atoms with E-state index in [2.05, 4.69) is 4.98 Å². The number of hydrogen-bond donors (Lipinski definition) is 1. The SMILES string of the molecule is COC1CCN(C(=O)c2sc3nc(C)cc(C)c3c2N)C1. The maximum Gasteiger partial charge on any atom is 0.266 e. The minimum absolute atomic E-state index is 0.00731. The lowest BCUT2D eigenvalue weighted by Gasteiger charge is -2.15. The number of likely N-dealkylation sites (tertiary alicyclic amines) is 1. The number of pyridine rings is 1. The summed E-state index contributed by atoms with van der Waals surface area (Å²) in [5.41, 5.74) is 8.79. The second kappa shape index (κ2) is 5.27. The smallest absolute Gasteiger partial charge is 0.266 e. The molecule has 2 aromatic heterocycles. The van der Waals surface area contributed by atoms with Gasteiger partial charge in [-0.2, -0.15) is 0 Å². The quantitative estimate of drug-likeness (QED) is 0.925. The number of hydrogen-bond acceptors (Lipinski definition) is 5. The summed E-state index contributed by atoms with van der Waals surface area (Å²) in [6.45, 7) is 5.31. The summed E-state index contributed by atoms with van der Waals surface area (Å²) in [6.07, 6.45) is 1.01. The highest BCUT2D eigenvalue weighted by Crippen LogP contribution is 2.36. The van der Waals surface area contributed by atoms with Gasteiger partial charge < -0.3 is 15.4 Å². The Bertz CT molecular complexity index is 710. The van der Waals surface area contributed by atoms with Crippen LogP contribution in [0.1, 0.15) is 27.3 Å². The summed E-state index contributed by atoms with van der Waals surface area (Å²) in [6, 6.07) is 2.00. The van der Waals surface area contributed by atoms with Gasteiger partial charge in [0.15, 0.2) is 0 Å². The van der Waals surface area contributed by atoms with Gasteiger partial charge in [-0.3, -0.25) is 4.79 Å². The van der Waals surface area contributed by atoms with Crippen molar-refractivity contribution in [2.75, 3.05) is 25.9 Å². The Balaban J connectivity index is 1.99. The van der Waals surface area contributed by atoms with Crippen LogP contribution in [0.2, 0.25) is 0 Å². The van der Waals surface area contributed by atoms with E-state index < -0.39 is 0 Å². The van der Waals surface area contributed by atoms with E-state index in [0.29, 0.717) is 17.1 Å². The van der Waals surface area contributed by atoms with Gasteiger partial charge in [-0.05, 0) is 31.9 Å². The number of nitrogens with zero attached hydrogens (tertiary/aromatic N) is 2. The molecule has 112 valence electrons. The first-order valence-corrected chi connectivity index (χ1v) is 7.81. The number of rotatable bonds is 2. The summed E-state index contributed by atoms with van der Waals surface area (Å²) in [5.74, 6) is -0.00731. The molecule has 5 nitrogen and oxygen atoms in total. The van der Waals surface area contributed by atoms with Gasteiger partial charge in [-0.1, -0.05) is 0 Å². The Kier molecular flexibility index (Phi) is 3.59. The van der Waals surface area contributed by atoms with E-state index in [9.17, 15) is 4.79 Å². The zero-order chi connectivity index (χ0) is 15.1. The molecule has 0 aromatic carbocycles. The van der Waals surface area contributed by atoms with E-state index in [1.165, 1.54) is 11.3 Å². The molecular formula is C15H19N3O2S. The molecule has 0 spiro atoms. The van der Waals surface area contributed by atoms with Gasteiger partial charge in [0.25, 0.3) is 5.91 Å². The number of nitrogen functional groups attached to an aromatic ring is 1. The molecule has 1 aliphatic heterocycles. The number of methoxy groups -OCH3 is 1. The number of nitrogens with two attached hydrogens (primary N) is 1. The zero-order valence-electron chi connectivity index (χ0n) is 12.5. The Labute approximate surface area is 127 Å². The molecule has 3 heterocycles. The molecule has 1 atom stereocenters. The molecule has 21 heavy (non-hydrogen) atoms. The highest BCUT2D eigenvalue weighted by molar-refractivity contribution is 7.21. The number of aromatic nitrogens is 1. The molecule has 1 amide bonds. The molecule has 0 bridgehead atoms. The van der Waals surface area contributed by atoms with Crippen molar-refractivity contribution in [2.45, 2.75) is 26.4 Å². The van der Waals surface area contributed by atoms with Crippen LogP contribution in [-0.4, -0.2) is 42.1 Å². The molecular weight excluding hydrogens is 286 g/mol. The van der Waals surface area contributed by atoms with Crippen LogP contribution in [0.15, 0.2) is 6.07 Å². The predicted molar refractivity (Wildman–Crippen MR) is 84.8 cm³/mol. The van der Waals surface area contributed by atoms with Crippen molar-refractivity contribution in [3.63, 3.8) is 0 Å². The molecule has 1 unspecified atom stereocenters. The summed E-state index contributed by atoms with van der Waals surface area (Å²) in [4.78, 5) is 20.4. The fraction of sp³-hybridized carbons (Fsp3) is 0.467. The summed E-state index contributed by atoms with van der Waals surface area (Å²) in [5, 5.41) is 0.913. The fourth-order valence-corrected chi connectivity index (χ4v) is 4.06. The Morgan fingerprint density at radius 1 is 1.52 bits per heavy atom. The Hall–Kier alpha value is -1.66. The van der Waals surface area contributed by atoms with Crippen LogP contribution in [0.25, 0.3) is 10.2 Å². The Morgan fingerprint density at radius 3 is 2.95 bits per heavy atom. The van der Waals surface area contributed by atoms with Gasteiger partial charge in [0.2, 0.25) is 0 Å². The highest BCUT2D eigenvalue weighted by Gasteiger charge is 2.29. The van der Waals surface area contributed by atoms with Crippen LogP contribution in [0.4, 0.5) is 5.69 Å². The lowest BCUT2D eigenvalue weighted by molar-refractivity contribution is 0.0729. The molecule has 1 fully saturated rings. The molecule has 3 rings (SSSR count). The van der Waals surface area contributed by atoms with Crippen molar-refractivity contribution in [2.24, 2.45) is 0 Å². The molecule has 6 heteroatoms. The van der Waals surface area contributed by atoms with E-state index in [1.54, 1.807) is 7.11 Å². The van der Waals surface area contributed by atoms with Crippen LogP contribution in [-0.2, 0) is 4.74 Å². The van der Waals surface area contributed by atoms with Crippen molar-refractivity contribution in [3.05, 3.63) is 22.2 Å². The normalized spacial score (nSPS) is 18.6. The van der Waals surface area contributed by atoms with Crippen LogP contribution in [0.3, 0.4) is 0 Å². The third-order valence-corrected chi connectivity index (χ3v) is 5.07. The van der Waals surface area contributed by atoms with E-state index >= 15 is 0 Å². The standard InChI is InChI=1S/C15H19N3O2S/c1-8-6-9(2)17-14-11(8)12(16)13(21-14)15(19)18-5-4-10(7-18)20-3/h6,10H,4-5,7,16H2,1-3H3. The first kappa shape index (κ1) is 14.3. The topological polar surface area (TPSA) is 68.5 Å². The maximum atomic E-state index is 12.7. The summed E-state index contributed by atoms with van der Waals surface area (Å²) < 4.78 is 5.32. The largest absolute Gasteiger partial charge is 0.397 e. The molecule has 1 saturated heterocycles. The van der Waals surface area contributed by atoms with Crippen molar-refractivity contribution >= 4 is 33.1 Å². The molecule has 0 radical (unpaired) electrons. The lowest BCUT2D eigenvalue weighted by Crippen LogP contribution is -2.29. The highest BCUT2D eigenvalue weighted by atomic mass is 32.1. The van der Waals surface area contributed by atoms with Gasteiger partial charge in [0.05, 0.1) is 11.8 Å². The van der Waals surface area contributed by atoms with Gasteiger partial charge in [-0.25, -0.2) is 4.98 Å². The van der Waals surface area contributed by atoms with Gasteiger partial charge in [0.1, 0.15) is 9.71 Å². The monoisotopic (exact) mass is 305 g/mol. The molecule has 2 N–H and O–H groups in total. The zero-order valence-corrected chi connectivity index (χ0v) is 13.3. The third kappa shape index (κ3) is 2.38. The predicted octanol–water partition coefficient (Wildman–Crippen LogP) is 2.36. The minimum atomic E-state index is -0.00731. The van der Waals surface area contributed by atoms with Crippen molar-refractivity contribution in [1.82, 2.24) is 9.88 Å². The lowest BCUT2D eigenvalue weighted by atomic mass is 10.1. The number of carbonyl (C=O) groups excluding carboxylic acids is 1. The number of fused-ring (bicyclic) bond motifs is 1. The van der Waals surface area contributed by atoms with Crippen LogP contribution < -0.4 is 5.73 Å². The number of aryl methyl sites for hydroxylation is 2. The second-order valence-electron chi connectivity index (χ2n) is 5.50. The summed E-state index contributed by atoms with van der Waals surface area (Å²) in [7, 11) is 1.68. The van der Waals surface area contributed by atoms with E-state index in [0.717, 1.165) is 34.4 Å².